The fraction of sp³-hybridized carbons (Fsp3) is 0.700. The molecule has 1 fully saturated rings. The van der Waals surface area contributed by atoms with E-state index in [-0.39, 0.29) is 5.97 Å². The number of ether oxygens (including phenoxy) is 1. The lowest BCUT2D eigenvalue weighted by molar-refractivity contribution is -0.137. The van der Waals surface area contributed by atoms with Gasteiger partial charge in [0.25, 0.3) is 0 Å². The molecule has 1 rings (SSSR count). The van der Waals surface area contributed by atoms with Crippen molar-refractivity contribution in [2.45, 2.75) is 25.5 Å². The maximum atomic E-state index is 11.2. The first-order valence-corrected chi connectivity index (χ1v) is 6.01. The van der Waals surface area contributed by atoms with E-state index in [9.17, 15) is 4.79 Å². The molecule has 1 heterocycles. The van der Waals surface area contributed by atoms with E-state index in [0.29, 0.717) is 24.4 Å². The third-order valence-corrected chi connectivity index (χ3v) is 3.67. The van der Waals surface area contributed by atoms with Crippen molar-refractivity contribution < 1.29 is 14.6 Å². The van der Waals surface area contributed by atoms with Gasteiger partial charge in [-0.2, -0.15) is 0 Å². The van der Waals surface area contributed by atoms with Crippen LogP contribution in [-0.4, -0.2) is 29.5 Å². The van der Waals surface area contributed by atoms with Crippen LogP contribution in [0.3, 0.4) is 0 Å². The molecule has 0 aromatic rings. The van der Waals surface area contributed by atoms with Gasteiger partial charge in [-0.05, 0) is 18.9 Å². The lowest BCUT2D eigenvalue weighted by Gasteiger charge is -2.09. The summed E-state index contributed by atoms with van der Waals surface area (Å²) in [6, 6.07) is 0. The zero-order chi connectivity index (χ0) is 11.3. The fourth-order valence-electron chi connectivity index (χ4n) is 1.46. The molecule has 3 N–H and O–H groups in total. The molecule has 86 valence electrons. The van der Waals surface area contributed by atoms with E-state index in [2.05, 4.69) is 11.6 Å². The Morgan fingerprint density at radius 3 is 3.07 bits per heavy atom. The first-order valence-electron chi connectivity index (χ1n) is 5.13. The van der Waals surface area contributed by atoms with E-state index in [4.69, 9.17) is 9.84 Å². The van der Waals surface area contributed by atoms with Gasteiger partial charge in [0.05, 0.1) is 6.61 Å². The van der Waals surface area contributed by atoms with E-state index in [0.717, 1.165) is 12.1 Å². The van der Waals surface area contributed by atoms with Crippen molar-refractivity contribution in [1.82, 2.24) is 4.72 Å². The number of hydrogen-bond donors (Lipinski definition) is 1. The van der Waals surface area contributed by atoms with Crippen LogP contribution in [-0.2, 0) is 9.53 Å². The second-order valence-corrected chi connectivity index (χ2v) is 4.48. The summed E-state index contributed by atoms with van der Waals surface area (Å²) in [5.41, 5.74) is 0.914. The third-order valence-electron chi connectivity index (χ3n) is 2.37. The Balaban J connectivity index is 2.54. The Hall–Kier alpha value is -0.680. The molecule has 0 saturated carbocycles. The number of esters is 1. The zero-order valence-electron chi connectivity index (χ0n) is 9.08. The van der Waals surface area contributed by atoms with Gasteiger partial charge in [0.2, 0.25) is 0 Å². The van der Waals surface area contributed by atoms with E-state index >= 15 is 0 Å². The molecule has 5 heteroatoms. The molecule has 15 heavy (non-hydrogen) atoms. The number of allylic oxidation sites excluding steroid dienone is 1. The first-order chi connectivity index (χ1) is 7.19. The minimum atomic E-state index is -0.293. The number of carbonyl (C=O) groups excluding carboxylic acids is 1. The van der Waals surface area contributed by atoms with Gasteiger partial charge in [-0.15, -0.1) is 0 Å². The Bertz CT molecular complexity index is 255. The monoisotopic (exact) mass is 232 g/mol. The highest BCUT2D eigenvalue weighted by Crippen LogP contribution is 2.33. The highest BCUT2D eigenvalue weighted by atomic mass is 32.2. The van der Waals surface area contributed by atoms with Crippen molar-refractivity contribution in [3.05, 3.63) is 11.8 Å². The molecule has 0 aromatic heterocycles. The number of nitrogens with one attached hydrogen (secondary N) is 1. The highest BCUT2D eigenvalue weighted by molar-refractivity contribution is 7.98. The van der Waals surface area contributed by atoms with Crippen LogP contribution < -0.4 is 4.72 Å². The Morgan fingerprint density at radius 2 is 2.47 bits per heavy atom. The van der Waals surface area contributed by atoms with Crippen LogP contribution >= 0.6 is 11.9 Å². The first kappa shape index (κ1) is 12.4. The molecule has 0 radical (unpaired) electrons. The zero-order valence-corrected chi connectivity index (χ0v) is 9.89. The molecule has 2 unspecified atom stereocenters. The quantitative estimate of drug-likeness (QED) is 0.337. The second-order valence-electron chi connectivity index (χ2n) is 3.44. The van der Waals surface area contributed by atoms with Crippen LogP contribution in [0.1, 0.15) is 20.3 Å². The maximum absolute atomic E-state index is 11.2. The van der Waals surface area contributed by atoms with Crippen LogP contribution in [0.15, 0.2) is 11.8 Å². The number of hydrogen-bond acceptors (Lipinski definition) is 4. The summed E-state index contributed by atoms with van der Waals surface area (Å²) in [5.74, 6) is 0.00345. The minimum absolute atomic E-state index is 0.293. The Kier molecular flexibility index (Phi) is 4.98. The fourth-order valence-corrected chi connectivity index (χ4v) is 2.58. The molecular formula is C10H18NO3S+. The van der Waals surface area contributed by atoms with Crippen LogP contribution in [0.4, 0.5) is 0 Å². The molecule has 0 amide bonds. The van der Waals surface area contributed by atoms with Crippen LogP contribution in [0.5, 0.6) is 0 Å². The largest absolute Gasteiger partial charge is 0.463 e. The van der Waals surface area contributed by atoms with Gasteiger partial charge >= 0.3 is 5.97 Å². The normalized spacial score (nSPS) is 27.8. The number of carbonyl (C=O) groups is 1. The summed E-state index contributed by atoms with van der Waals surface area (Å²) >= 11 is 1.60. The van der Waals surface area contributed by atoms with Crippen LogP contribution in [0.2, 0.25) is 0 Å². The van der Waals surface area contributed by atoms with Gasteiger partial charge in [0.1, 0.15) is 6.61 Å². The summed E-state index contributed by atoms with van der Waals surface area (Å²) in [7, 11) is 0. The summed E-state index contributed by atoms with van der Waals surface area (Å²) in [6.07, 6.45) is 2.37. The average Bonchev–Trinajstić information content (AvgIpc) is 2.51. The topological polar surface area (TPSA) is 61.2 Å². The van der Waals surface area contributed by atoms with Crippen molar-refractivity contribution >= 4 is 17.9 Å². The average molecular weight is 232 g/mol. The predicted molar refractivity (Wildman–Crippen MR) is 61.5 cm³/mol. The summed E-state index contributed by atoms with van der Waals surface area (Å²) < 4.78 is 7.97. The standard InChI is InChI=1S/C10H17NO3S/c1-3-14-10(13)6-8-7(2)9(4-5-12)15-11-8/h6-7,9,11-12H,3-5H2,1-2H3/p+1. The van der Waals surface area contributed by atoms with Crippen molar-refractivity contribution in [3.8, 4) is 0 Å². The highest BCUT2D eigenvalue weighted by Gasteiger charge is 2.29. The molecule has 1 aliphatic heterocycles. The molecule has 4 nitrogen and oxygen atoms in total. The smallest absolute Gasteiger partial charge is 0.332 e. The van der Waals surface area contributed by atoms with Gasteiger partial charge in [-0.3, -0.25) is 0 Å². The molecule has 0 bridgehead atoms. The van der Waals surface area contributed by atoms with Crippen LogP contribution in [0.25, 0.3) is 0 Å². The third kappa shape index (κ3) is 3.43. The molecule has 0 spiro atoms. The van der Waals surface area contributed by atoms with E-state index in [1.807, 2.05) is 0 Å². The second kappa shape index (κ2) is 6.02. The van der Waals surface area contributed by atoms with Crippen molar-refractivity contribution in [2.75, 3.05) is 13.2 Å². The van der Waals surface area contributed by atoms with Crippen molar-refractivity contribution in [3.63, 3.8) is 0 Å². The van der Waals surface area contributed by atoms with Crippen LogP contribution in [0, 0.1) is 5.92 Å². The molecular weight excluding hydrogens is 214 g/mol. The Morgan fingerprint density at radius 1 is 1.73 bits per heavy atom. The molecule has 1 saturated heterocycles. The molecule has 2 atom stereocenters. The molecule has 1 aliphatic rings. The lowest BCUT2D eigenvalue weighted by atomic mass is 10.0. The van der Waals surface area contributed by atoms with E-state index < -0.39 is 0 Å². The Labute approximate surface area is 94.2 Å². The predicted octanol–water partition coefficient (Wildman–Crippen LogP) is 0.804. The number of rotatable bonds is 4. The summed E-state index contributed by atoms with van der Waals surface area (Å²) in [5, 5.41) is 7.57. The van der Waals surface area contributed by atoms with Crippen molar-refractivity contribution in [2.24, 2.45) is 5.92 Å². The molecule has 0 aromatic carbocycles. The maximum Gasteiger partial charge on any atom is 0.332 e. The van der Waals surface area contributed by atoms with Gasteiger partial charge in [-0.1, -0.05) is 6.92 Å². The summed E-state index contributed by atoms with van der Waals surface area (Å²) in [6.45, 7) is 4.69. The van der Waals surface area contributed by atoms with Gasteiger partial charge in [0.15, 0.2) is 0 Å². The molecule has 0 aliphatic carbocycles. The lowest BCUT2D eigenvalue weighted by Crippen LogP contribution is -2.13. The van der Waals surface area contributed by atoms with E-state index in [1.54, 1.807) is 18.9 Å². The summed E-state index contributed by atoms with van der Waals surface area (Å²) in [4.78, 5) is 11.2. The minimum Gasteiger partial charge on any atom is -0.463 e. The van der Waals surface area contributed by atoms with Gasteiger partial charge in [-0.25, -0.2) is 4.79 Å². The van der Waals surface area contributed by atoms with E-state index in [1.165, 1.54) is 6.08 Å². The van der Waals surface area contributed by atoms with Crippen molar-refractivity contribution in [1.29, 1.82) is 0 Å². The van der Waals surface area contributed by atoms with Gasteiger partial charge in [0, 0.05) is 29.4 Å². The SMILES string of the molecule is CCOC(=O)C=C1NSC(CC[OH2+])C1C. The van der Waals surface area contributed by atoms with Gasteiger partial charge < -0.3 is 14.6 Å².